The van der Waals surface area contributed by atoms with Gasteiger partial charge < -0.3 is 15.2 Å². The van der Waals surface area contributed by atoms with Crippen LogP contribution in [0.4, 0.5) is 0 Å². The lowest BCUT2D eigenvalue weighted by molar-refractivity contribution is 0.277. The lowest BCUT2D eigenvalue weighted by Crippen LogP contribution is -2.42. The molecule has 2 N–H and O–H groups in total. The van der Waals surface area contributed by atoms with Crippen molar-refractivity contribution in [2.45, 2.75) is 32.7 Å². The van der Waals surface area contributed by atoms with Gasteiger partial charge in [0.1, 0.15) is 0 Å². The van der Waals surface area contributed by atoms with Crippen molar-refractivity contribution in [1.29, 1.82) is 0 Å². The summed E-state index contributed by atoms with van der Waals surface area (Å²) < 4.78 is 2.06. The summed E-state index contributed by atoms with van der Waals surface area (Å²) in [6.07, 6.45) is 9.06. The van der Waals surface area contributed by atoms with Gasteiger partial charge >= 0.3 is 0 Å². The highest BCUT2D eigenvalue weighted by molar-refractivity contribution is 14.0. The van der Waals surface area contributed by atoms with Crippen LogP contribution in [0.3, 0.4) is 0 Å². The Hall–Kier alpha value is -0.790. The van der Waals surface area contributed by atoms with E-state index in [-0.39, 0.29) is 24.0 Å². The predicted octanol–water partition coefficient (Wildman–Crippen LogP) is 1.94. The van der Waals surface area contributed by atoms with Crippen LogP contribution < -0.4 is 5.73 Å². The highest BCUT2D eigenvalue weighted by atomic mass is 127. The summed E-state index contributed by atoms with van der Waals surface area (Å²) >= 11 is 0. The molecule has 2 rings (SSSR count). The van der Waals surface area contributed by atoms with Crippen LogP contribution in [0.1, 0.15) is 26.2 Å². The number of halogens is 1. The molecule has 1 aliphatic rings. The van der Waals surface area contributed by atoms with Crippen LogP contribution in [-0.4, -0.2) is 40.0 Å². The minimum Gasteiger partial charge on any atom is -0.370 e. The molecule has 1 saturated heterocycles. The Bertz CT molecular complexity index is 368. The molecule has 0 unspecified atom stereocenters. The van der Waals surface area contributed by atoms with Crippen LogP contribution in [0.5, 0.6) is 0 Å². The number of nitrogens with zero attached hydrogens (tertiary/aromatic N) is 4. The summed E-state index contributed by atoms with van der Waals surface area (Å²) in [5.41, 5.74) is 6.01. The number of piperidine rings is 1. The molecular weight excluding hydrogens is 353 g/mol. The number of likely N-dealkylation sites (tertiary alicyclic amines) is 1. The topological polar surface area (TPSA) is 59.4 Å². The molecule has 0 bridgehead atoms. The molecule has 0 aliphatic carbocycles. The second-order valence-corrected chi connectivity index (χ2v) is 5.06. The number of rotatable bonds is 4. The van der Waals surface area contributed by atoms with Gasteiger partial charge in [0.15, 0.2) is 5.96 Å². The summed E-state index contributed by atoms with van der Waals surface area (Å²) in [7, 11) is 0. The first-order valence-electron chi connectivity index (χ1n) is 6.76. The van der Waals surface area contributed by atoms with E-state index in [1.807, 2.05) is 12.5 Å². The maximum atomic E-state index is 6.01. The fourth-order valence-electron chi connectivity index (χ4n) is 2.20. The summed E-state index contributed by atoms with van der Waals surface area (Å²) in [5, 5.41) is 0. The maximum Gasteiger partial charge on any atom is 0.191 e. The molecule has 5 nitrogen and oxygen atoms in total. The van der Waals surface area contributed by atoms with Crippen LogP contribution in [0.15, 0.2) is 23.7 Å². The fraction of sp³-hybridized carbons (Fsp3) is 0.692. The monoisotopic (exact) mass is 377 g/mol. The number of guanidine groups is 1. The summed E-state index contributed by atoms with van der Waals surface area (Å²) in [6.45, 7) is 6.15. The van der Waals surface area contributed by atoms with Crippen LogP contribution >= 0.6 is 24.0 Å². The van der Waals surface area contributed by atoms with Crippen LogP contribution in [0, 0.1) is 5.92 Å². The van der Waals surface area contributed by atoms with Gasteiger partial charge in [-0.05, 0) is 25.2 Å². The third-order valence-electron chi connectivity index (χ3n) is 3.52. The molecule has 0 spiro atoms. The first-order chi connectivity index (χ1) is 8.75. The summed E-state index contributed by atoms with van der Waals surface area (Å²) in [6, 6.07) is 0. The zero-order valence-corrected chi connectivity index (χ0v) is 13.9. The van der Waals surface area contributed by atoms with E-state index in [1.165, 1.54) is 12.8 Å². The normalized spacial score (nSPS) is 17.3. The van der Waals surface area contributed by atoms with Crippen molar-refractivity contribution < 1.29 is 0 Å². The number of aryl methyl sites for hydroxylation is 1. The van der Waals surface area contributed by atoms with Crippen molar-refractivity contribution in [3.05, 3.63) is 18.7 Å². The number of nitrogens with two attached hydrogens (primary N) is 1. The Kier molecular flexibility index (Phi) is 7.19. The van der Waals surface area contributed by atoms with E-state index in [4.69, 9.17) is 5.73 Å². The molecule has 0 amide bonds. The van der Waals surface area contributed by atoms with E-state index < -0.39 is 0 Å². The van der Waals surface area contributed by atoms with E-state index in [0.717, 1.165) is 38.5 Å². The maximum absolute atomic E-state index is 6.01. The molecule has 19 heavy (non-hydrogen) atoms. The zero-order chi connectivity index (χ0) is 12.8. The molecule has 1 aromatic heterocycles. The molecule has 1 aromatic rings. The SMILES string of the molecule is CC1CCN(C(N)=NCCCn2ccnc2)CC1.I. The van der Waals surface area contributed by atoms with Crippen molar-refractivity contribution >= 4 is 29.9 Å². The fourth-order valence-corrected chi connectivity index (χ4v) is 2.20. The van der Waals surface area contributed by atoms with E-state index in [1.54, 1.807) is 6.20 Å². The molecular formula is C13H24IN5. The van der Waals surface area contributed by atoms with Gasteiger partial charge in [0.2, 0.25) is 0 Å². The molecule has 1 fully saturated rings. The smallest absolute Gasteiger partial charge is 0.191 e. The molecule has 6 heteroatoms. The van der Waals surface area contributed by atoms with Gasteiger partial charge in [-0.1, -0.05) is 6.92 Å². The van der Waals surface area contributed by atoms with E-state index >= 15 is 0 Å². The van der Waals surface area contributed by atoms with Crippen molar-refractivity contribution in [2.24, 2.45) is 16.6 Å². The Labute approximate surface area is 132 Å². The first-order valence-corrected chi connectivity index (χ1v) is 6.76. The predicted molar refractivity (Wildman–Crippen MR) is 88.7 cm³/mol. The van der Waals surface area contributed by atoms with E-state index in [0.29, 0.717) is 5.96 Å². The Morgan fingerprint density at radius 2 is 2.16 bits per heavy atom. The Balaban J connectivity index is 0.00000180. The Morgan fingerprint density at radius 3 is 2.79 bits per heavy atom. The number of imidazole rings is 1. The minimum atomic E-state index is 0. The van der Waals surface area contributed by atoms with Gasteiger partial charge in [0.25, 0.3) is 0 Å². The molecule has 0 saturated carbocycles. The molecule has 1 aliphatic heterocycles. The lowest BCUT2D eigenvalue weighted by Gasteiger charge is -2.31. The van der Waals surface area contributed by atoms with E-state index in [2.05, 4.69) is 26.4 Å². The van der Waals surface area contributed by atoms with Crippen molar-refractivity contribution in [3.63, 3.8) is 0 Å². The average Bonchev–Trinajstić information content (AvgIpc) is 2.88. The van der Waals surface area contributed by atoms with Gasteiger partial charge in [-0.15, -0.1) is 24.0 Å². The summed E-state index contributed by atoms with van der Waals surface area (Å²) in [4.78, 5) is 10.7. The Morgan fingerprint density at radius 1 is 1.42 bits per heavy atom. The lowest BCUT2D eigenvalue weighted by atomic mass is 10.00. The average molecular weight is 377 g/mol. The second-order valence-electron chi connectivity index (χ2n) is 5.06. The molecule has 108 valence electrons. The highest BCUT2D eigenvalue weighted by Crippen LogP contribution is 2.15. The summed E-state index contributed by atoms with van der Waals surface area (Å²) in [5.74, 6) is 1.54. The van der Waals surface area contributed by atoms with Crippen LogP contribution in [-0.2, 0) is 6.54 Å². The number of aromatic nitrogens is 2. The van der Waals surface area contributed by atoms with Gasteiger partial charge in [-0.3, -0.25) is 4.99 Å². The quantitative estimate of drug-likeness (QED) is 0.378. The zero-order valence-electron chi connectivity index (χ0n) is 11.5. The molecule has 0 aromatic carbocycles. The minimum absolute atomic E-state index is 0. The second kappa shape index (κ2) is 8.39. The third kappa shape index (κ3) is 5.38. The van der Waals surface area contributed by atoms with Crippen LogP contribution in [0.25, 0.3) is 0 Å². The van der Waals surface area contributed by atoms with Gasteiger partial charge in [-0.2, -0.15) is 0 Å². The first kappa shape index (κ1) is 16.3. The third-order valence-corrected chi connectivity index (χ3v) is 3.52. The molecule has 2 heterocycles. The highest BCUT2D eigenvalue weighted by Gasteiger charge is 2.16. The number of hydrogen-bond acceptors (Lipinski definition) is 2. The van der Waals surface area contributed by atoms with Crippen LogP contribution in [0.2, 0.25) is 0 Å². The van der Waals surface area contributed by atoms with Gasteiger partial charge in [0, 0.05) is 38.6 Å². The number of aliphatic imine (C=N–C) groups is 1. The van der Waals surface area contributed by atoms with Crippen molar-refractivity contribution in [3.8, 4) is 0 Å². The van der Waals surface area contributed by atoms with Crippen molar-refractivity contribution in [2.75, 3.05) is 19.6 Å². The number of hydrogen-bond donors (Lipinski definition) is 1. The molecule has 0 atom stereocenters. The van der Waals surface area contributed by atoms with Gasteiger partial charge in [0.05, 0.1) is 6.33 Å². The largest absolute Gasteiger partial charge is 0.370 e. The van der Waals surface area contributed by atoms with Crippen molar-refractivity contribution in [1.82, 2.24) is 14.5 Å². The van der Waals surface area contributed by atoms with Gasteiger partial charge in [-0.25, -0.2) is 4.98 Å². The van der Waals surface area contributed by atoms with E-state index in [9.17, 15) is 0 Å². The molecule has 0 radical (unpaired) electrons. The standard InChI is InChI=1S/C13H23N5.HI/c1-12-3-8-18(9-4-12)13(14)16-5-2-7-17-10-6-15-11-17;/h6,10-12H,2-5,7-9H2,1H3,(H2,14,16);1H.